The molecule has 1 saturated heterocycles. The number of halogens is 1. The van der Waals surface area contributed by atoms with Crippen LogP contribution >= 0.6 is 11.6 Å². The van der Waals surface area contributed by atoms with E-state index in [-0.39, 0.29) is 18.4 Å². The lowest BCUT2D eigenvalue weighted by Gasteiger charge is -2.45. The number of aryl methyl sites for hydroxylation is 1. The molecule has 1 saturated carbocycles. The fraction of sp³-hybridized carbons (Fsp3) is 0.571. The Balaban J connectivity index is 1.54. The van der Waals surface area contributed by atoms with Gasteiger partial charge in [-0.3, -0.25) is 14.4 Å². The Morgan fingerprint density at radius 3 is 2.74 bits per heavy atom. The van der Waals surface area contributed by atoms with Gasteiger partial charge < -0.3 is 24.2 Å². The first-order valence-corrected chi connectivity index (χ1v) is 13.7. The standard InChI is InChI=1S/C28H34ClN3O6/c1-17-14-30-38-23(17)16-37-22-9-8-20(29)18-10-13-32(21(25(18)22)15-31-12-5-7-24(31)33)26(34)19-6-3-4-11-28(19,2)27(35)36/h8-9,14,19,21H,3-7,10-13,15-16H2,1-2H3,(H,35,36)/t19-,21+,28-/m0/s1. The summed E-state index contributed by atoms with van der Waals surface area (Å²) in [6, 6.07) is 3.08. The lowest BCUT2D eigenvalue weighted by Crippen LogP contribution is -2.52. The first-order chi connectivity index (χ1) is 18.2. The van der Waals surface area contributed by atoms with Crippen molar-refractivity contribution in [2.45, 2.75) is 71.4 Å². The first-order valence-electron chi connectivity index (χ1n) is 13.4. The number of amides is 2. The quantitative estimate of drug-likeness (QED) is 0.545. The highest BCUT2D eigenvalue weighted by Gasteiger charge is 2.50. The van der Waals surface area contributed by atoms with Gasteiger partial charge in [-0.2, -0.15) is 0 Å². The number of ether oxygens (including phenoxy) is 1. The van der Waals surface area contributed by atoms with Crippen molar-refractivity contribution >= 4 is 29.4 Å². The monoisotopic (exact) mass is 543 g/mol. The van der Waals surface area contributed by atoms with Gasteiger partial charge in [0.1, 0.15) is 12.4 Å². The average molecular weight is 544 g/mol. The van der Waals surface area contributed by atoms with Gasteiger partial charge in [-0.05, 0) is 57.2 Å². The number of carboxylic acids is 1. The fourth-order valence-electron chi connectivity index (χ4n) is 6.25. The molecule has 0 spiro atoms. The molecular formula is C28H34ClN3O6. The lowest BCUT2D eigenvalue weighted by molar-refractivity contribution is -0.162. The van der Waals surface area contributed by atoms with Gasteiger partial charge in [0, 0.05) is 42.2 Å². The highest BCUT2D eigenvalue weighted by atomic mass is 35.5. The number of likely N-dealkylation sites (tertiary alicyclic amines) is 1. The predicted molar refractivity (Wildman–Crippen MR) is 139 cm³/mol. The van der Waals surface area contributed by atoms with Crippen molar-refractivity contribution in [3.05, 3.63) is 45.8 Å². The number of carboxylic acid groups (broad SMARTS) is 1. The molecule has 9 nitrogen and oxygen atoms in total. The van der Waals surface area contributed by atoms with Crippen molar-refractivity contribution in [1.29, 1.82) is 0 Å². The lowest BCUT2D eigenvalue weighted by atomic mass is 9.66. The van der Waals surface area contributed by atoms with Crippen LogP contribution < -0.4 is 4.74 Å². The van der Waals surface area contributed by atoms with E-state index in [0.717, 1.165) is 36.0 Å². The van der Waals surface area contributed by atoms with Crippen LogP contribution in [0.25, 0.3) is 0 Å². The topological polar surface area (TPSA) is 113 Å². The van der Waals surface area contributed by atoms with E-state index in [1.165, 1.54) is 0 Å². The van der Waals surface area contributed by atoms with Crippen LogP contribution in [0.15, 0.2) is 22.9 Å². The Labute approximate surface area is 227 Å². The maximum atomic E-state index is 14.2. The third kappa shape index (κ3) is 4.77. The molecular weight excluding hydrogens is 510 g/mol. The normalized spacial score (nSPS) is 25.4. The van der Waals surface area contributed by atoms with Crippen molar-refractivity contribution in [1.82, 2.24) is 15.0 Å². The van der Waals surface area contributed by atoms with Crippen molar-refractivity contribution < 1.29 is 28.8 Å². The first kappa shape index (κ1) is 26.5. The van der Waals surface area contributed by atoms with Crippen molar-refractivity contribution in [3.63, 3.8) is 0 Å². The summed E-state index contributed by atoms with van der Waals surface area (Å²) in [6.07, 6.45) is 6.00. The van der Waals surface area contributed by atoms with Crippen LogP contribution in [-0.2, 0) is 27.4 Å². The number of hydrogen-bond acceptors (Lipinski definition) is 6. The molecule has 3 aliphatic rings. The average Bonchev–Trinajstić information content (AvgIpc) is 3.50. The zero-order chi connectivity index (χ0) is 27.0. The van der Waals surface area contributed by atoms with Crippen molar-refractivity contribution in [2.24, 2.45) is 11.3 Å². The van der Waals surface area contributed by atoms with Crippen LogP contribution in [0.4, 0.5) is 0 Å². The smallest absolute Gasteiger partial charge is 0.310 e. The molecule has 1 aliphatic carbocycles. The Hall–Kier alpha value is -3.07. The van der Waals surface area contributed by atoms with Gasteiger partial charge in [0.05, 0.1) is 23.6 Å². The molecule has 3 atom stereocenters. The van der Waals surface area contributed by atoms with Gasteiger partial charge in [-0.1, -0.05) is 29.6 Å². The molecule has 38 heavy (non-hydrogen) atoms. The molecule has 10 heteroatoms. The van der Waals surface area contributed by atoms with E-state index in [9.17, 15) is 19.5 Å². The molecule has 0 radical (unpaired) electrons. The number of aliphatic carboxylic acids is 1. The molecule has 2 fully saturated rings. The molecule has 2 amide bonds. The summed E-state index contributed by atoms with van der Waals surface area (Å²) in [7, 11) is 0. The van der Waals surface area contributed by atoms with E-state index in [1.54, 1.807) is 35.1 Å². The molecule has 5 rings (SSSR count). The summed E-state index contributed by atoms with van der Waals surface area (Å²) in [5.74, 6) is -0.517. The number of fused-ring (bicyclic) bond motifs is 1. The van der Waals surface area contributed by atoms with Gasteiger partial charge in [0.2, 0.25) is 11.8 Å². The molecule has 1 aromatic heterocycles. The number of aromatic nitrogens is 1. The summed E-state index contributed by atoms with van der Waals surface area (Å²) in [5, 5.41) is 14.5. The third-order valence-electron chi connectivity index (χ3n) is 8.62. The fourth-order valence-corrected chi connectivity index (χ4v) is 6.51. The molecule has 204 valence electrons. The summed E-state index contributed by atoms with van der Waals surface area (Å²) in [6.45, 7) is 5.07. The predicted octanol–water partition coefficient (Wildman–Crippen LogP) is 4.54. The number of benzene rings is 1. The number of nitrogens with zero attached hydrogens (tertiary/aromatic N) is 3. The Kier molecular flexibility index (Phi) is 7.40. The van der Waals surface area contributed by atoms with Gasteiger partial charge >= 0.3 is 5.97 Å². The van der Waals surface area contributed by atoms with E-state index in [2.05, 4.69) is 5.16 Å². The number of carbonyl (C=O) groups excluding carboxylic acids is 2. The zero-order valence-corrected chi connectivity index (χ0v) is 22.6. The largest absolute Gasteiger partial charge is 0.485 e. The minimum Gasteiger partial charge on any atom is -0.485 e. The van der Waals surface area contributed by atoms with Crippen LogP contribution in [0.3, 0.4) is 0 Å². The van der Waals surface area contributed by atoms with Crippen LogP contribution in [0.5, 0.6) is 5.75 Å². The van der Waals surface area contributed by atoms with E-state index in [1.807, 2.05) is 6.92 Å². The van der Waals surface area contributed by atoms with E-state index < -0.39 is 23.3 Å². The van der Waals surface area contributed by atoms with Gasteiger partial charge in [-0.25, -0.2) is 0 Å². The second kappa shape index (κ2) is 10.6. The van der Waals surface area contributed by atoms with Crippen LogP contribution in [0.1, 0.15) is 73.9 Å². The third-order valence-corrected chi connectivity index (χ3v) is 8.98. The second-order valence-corrected chi connectivity index (χ2v) is 11.3. The molecule has 3 heterocycles. The highest BCUT2D eigenvalue weighted by molar-refractivity contribution is 6.31. The van der Waals surface area contributed by atoms with Gasteiger partial charge in [-0.15, -0.1) is 0 Å². The molecule has 1 N–H and O–H groups in total. The van der Waals surface area contributed by atoms with E-state index in [0.29, 0.717) is 61.8 Å². The second-order valence-electron chi connectivity index (χ2n) is 10.9. The van der Waals surface area contributed by atoms with Crippen molar-refractivity contribution in [2.75, 3.05) is 19.6 Å². The molecule has 0 bridgehead atoms. The maximum absolute atomic E-state index is 14.2. The molecule has 1 aromatic carbocycles. The van der Waals surface area contributed by atoms with E-state index in [4.69, 9.17) is 20.9 Å². The van der Waals surface area contributed by atoms with Crippen LogP contribution in [0, 0.1) is 18.3 Å². The Morgan fingerprint density at radius 1 is 1.24 bits per heavy atom. The van der Waals surface area contributed by atoms with E-state index >= 15 is 0 Å². The molecule has 2 aromatic rings. The van der Waals surface area contributed by atoms with Crippen LogP contribution in [-0.4, -0.2) is 57.5 Å². The number of carbonyl (C=O) groups is 3. The van der Waals surface area contributed by atoms with Crippen molar-refractivity contribution in [3.8, 4) is 5.75 Å². The minimum absolute atomic E-state index is 0.0549. The summed E-state index contributed by atoms with van der Waals surface area (Å²) in [5.41, 5.74) is 1.42. The summed E-state index contributed by atoms with van der Waals surface area (Å²) in [4.78, 5) is 42.8. The SMILES string of the molecule is Cc1cnoc1COc1ccc(Cl)c2c1[C@@H](CN1CCCC1=O)N(C(=O)[C@@H]1CCCC[C@]1(C)C(=O)O)CC2. The zero-order valence-electron chi connectivity index (χ0n) is 21.9. The number of hydrogen-bond donors (Lipinski definition) is 1. The van der Waals surface area contributed by atoms with Gasteiger partial charge in [0.15, 0.2) is 5.76 Å². The minimum atomic E-state index is -1.12. The Morgan fingerprint density at radius 2 is 2.05 bits per heavy atom. The maximum Gasteiger partial charge on any atom is 0.310 e. The summed E-state index contributed by atoms with van der Waals surface area (Å²) < 4.78 is 11.5. The molecule has 0 unspecified atom stereocenters. The molecule has 2 aliphatic heterocycles. The Bertz CT molecular complexity index is 1250. The number of rotatable bonds is 7. The van der Waals surface area contributed by atoms with Crippen LogP contribution in [0.2, 0.25) is 5.02 Å². The van der Waals surface area contributed by atoms with Gasteiger partial charge in [0.25, 0.3) is 0 Å². The summed E-state index contributed by atoms with van der Waals surface area (Å²) >= 11 is 6.67. The highest BCUT2D eigenvalue weighted by Crippen LogP contribution is 2.46.